The third kappa shape index (κ3) is 12.9. The van der Waals surface area contributed by atoms with Crippen LogP contribution in [0.3, 0.4) is 0 Å². The predicted molar refractivity (Wildman–Crippen MR) is 341 cm³/mol. The Kier molecular flexibility index (Phi) is 19.7. The summed E-state index contributed by atoms with van der Waals surface area (Å²) in [4.78, 5) is 7.83. The van der Waals surface area contributed by atoms with E-state index in [0.717, 1.165) is 56.4 Å². The van der Waals surface area contributed by atoms with Crippen molar-refractivity contribution in [2.75, 3.05) is 0 Å². The number of rotatable bonds is 8. The van der Waals surface area contributed by atoms with E-state index < -0.39 is 15.8 Å². The molecule has 0 N–H and O–H groups in total. The van der Waals surface area contributed by atoms with Crippen LogP contribution in [0.25, 0.3) is 22.3 Å². The van der Waals surface area contributed by atoms with E-state index in [-0.39, 0.29) is 45.0 Å². The molecule has 2 aliphatic rings. The minimum absolute atomic E-state index is 0. The average Bonchev–Trinajstić information content (AvgIpc) is 1.01. The first-order valence-electron chi connectivity index (χ1n) is 27.3. The van der Waals surface area contributed by atoms with E-state index in [4.69, 9.17) is 9.47 Å². The minimum atomic E-state index is -1.32. The van der Waals surface area contributed by atoms with Crippen LogP contribution in [-0.4, -0.2) is 20.2 Å². The van der Waals surface area contributed by atoms with Crippen molar-refractivity contribution >= 4 is 47.7 Å². The van der Waals surface area contributed by atoms with E-state index in [1.54, 1.807) is 49.6 Å². The molecule has 0 unspecified atom stereocenters. The summed E-state index contributed by atoms with van der Waals surface area (Å²) in [6.07, 6.45) is 13.9. The summed E-state index contributed by atoms with van der Waals surface area (Å²) in [6, 6.07) is 77.5. The SMILES string of the molecule is CC1(C)c2cccc([PH+](c3ccccc3)c3ccccc3)c2Oc2c([PH+](c3ccccc3)c3ccccc3)cccc21.[CH2-]c1cccc2c1Oc1c([CH2-])cccc1C2(C)C.[Cu+].[Cu].c1cc(-c2cn[n-]c2)ccn1.c1cc(-c2cn[n-]c2)ccn1. The molecule has 8 nitrogen and oxygen atoms in total. The Hall–Kier alpha value is -8.28. The Morgan fingerprint density at radius 3 is 0.964 bits per heavy atom. The first-order chi connectivity index (χ1) is 40.1. The van der Waals surface area contributed by atoms with E-state index in [2.05, 4.69) is 242 Å². The molecule has 0 aliphatic carbocycles. The summed E-state index contributed by atoms with van der Waals surface area (Å²) in [5, 5.41) is 23.0. The number of para-hydroxylation sites is 4. The molecule has 0 amide bonds. The van der Waals surface area contributed by atoms with Crippen molar-refractivity contribution in [3.8, 4) is 45.3 Å². The van der Waals surface area contributed by atoms with Crippen LogP contribution in [0.1, 0.15) is 61.1 Å². The smallest absolute Gasteiger partial charge is 0.581 e. The monoisotopic (exact) mass is 1230 g/mol. The second-order valence-corrected chi connectivity index (χ2v) is 25.9. The third-order valence-electron chi connectivity index (χ3n) is 15.1. The number of benzene rings is 8. The second kappa shape index (κ2) is 27.4. The Morgan fingerprint density at radius 2 is 0.655 bits per heavy atom. The van der Waals surface area contributed by atoms with Crippen LogP contribution in [0.15, 0.2) is 268 Å². The van der Waals surface area contributed by atoms with Gasteiger partial charge in [-0.2, -0.15) is 49.5 Å². The molecule has 0 saturated carbocycles. The molecule has 0 fully saturated rings. The topological polar surface area (TPSA) is 98.2 Å². The Bertz CT molecular complexity index is 3670. The van der Waals surface area contributed by atoms with Crippen molar-refractivity contribution in [3.63, 3.8) is 0 Å². The summed E-state index contributed by atoms with van der Waals surface area (Å²) in [7, 11) is -2.64. The average molecular weight is 1230 g/mol. The minimum Gasteiger partial charge on any atom is -0.581 e. The summed E-state index contributed by atoms with van der Waals surface area (Å²) >= 11 is 0. The van der Waals surface area contributed by atoms with Gasteiger partial charge >= 0.3 is 17.1 Å². The van der Waals surface area contributed by atoms with Crippen LogP contribution in [0.2, 0.25) is 0 Å². The van der Waals surface area contributed by atoms with Gasteiger partial charge in [0.05, 0.1) is 0 Å². The van der Waals surface area contributed by atoms with Crippen molar-refractivity contribution in [3.05, 3.63) is 315 Å². The van der Waals surface area contributed by atoms with Gasteiger partial charge in [-0.25, -0.2) is 0 Å². The van der Waals surface area contributed by atoms with E-state index in [0.29, 0.717) is 0 Å². The molecule has 12 heteroatoms. The number of aromatic nitrogens is 6. The third-order valence-corrected chi connectivity index (χ3v) is 20.6. The number of hydrogen-bond donors (Lipinski definition) is 0. The van der Waals surface area contributed by atoms with Gasteiger partial charge in [-0.1, -0.05) is 148 Å². The Labute approximate surface area is 517 Å². The van der Waals surface area contributed by atoms with Gasteiger partial charge < -0.3 is 29.9 Å². The molecule has 8 aromatic carbocycles. The van der Waals surface area contributed by atoms with Crippen LogP contribution >= 0.6 is 15.8 Å². The second-order valence-electron chi connectivity index (χ2n) is 21.0. The zero-order valence-electron chi connectivity index (χ0n) is 46.9. The van der Waals surface area contributed by atoms with Gasteiger partial charge in [0, 0.05) is 82.3 Å². The summed E-state index contributed by atoms with van der Waals surface area (Å²) in [5.74, 6) is 3.83. The van der Waals surface area contributed by atoms with Gasteiger partial charge in [-0.3, -0.25) is 9.97 Å². The van der Waals surface area contributed by atoms with E-state index in [9.17, 15) is 0 Å². The summed E-state index contributed by atoms with van der Waals surface area (Å²) in [5.41, 5.74) is 10.7. The van der Waals surface area contributed by atoms with Crippen LogP contribution < -0.4 is 51.5 Å². The zero-order chi connectivity index (χ0) is 56.5. The molecule has 2 aliphatic heterocycles. The Morgan fingerprint density at radius 1 is 0.357 bits per heavy atom. The van der Waals surface area contributed by atoms with Gasteiger partial charge in [-0.15, -0.1) is 12.1 Å². The van der Waals surface area contributed by atoms with E-state index in [1.807, 2.05) is 48.5 Å². The predicted octanol–water partition coefficient (Wildman–Crippen LogP) is 13.8. The number of pyridine rings is 2. The largest absolute Gasteiger partial charge is 1.00 e. The van der Waals surface area contributed by atoms with E-state index >= 15 is 0 Å². The number of nitrogens with zero attached hydrogens (tertiary/aromatic N) is 6. The molecule has 0 bridgehead atoms. The van der Waals surface area contributed by atoms with Gasteiger partial charge in [0.25, 0.3) is 0 Å². The fourth-order valence-electron chi connectivity index (χ4n) is 10.8. The van der Waals surface area contributed by atoms with Gasteiger partial charge in [0.15, 0.2) is 11.5 Å². The molecular weight excluding hydrogens is 1170 g/mol. The van der Waals surface area contributed by atoms with Crippen LogP contribution in [0.5, 0.6) is 23.0 Å². The first kappa shape index (κ1) is 60.3. The van der Waals surface area contributed by atoms with Gasteiger partial charge in [0.2, 0.25) is 0 Å². The molecule has 12 aromatic rings. The maximum atomic E-state index is 7.27. The maximum absolute atomic E-state index is 7.27. The molecule has 1 radical (unpaired) electrons. The van der Waals surface area contributed by atoms with Crippen LogP contribution in [0.4, 0.5) is 0 Å². The van der Waals surface area contributed by atoms with Crippen molar-refractivity contribution in [1.29, 1.82) is 0 Å². The van der Waals surface area contributed by atoms with Gasteiger partial charge in [0.1, 0.15) is 47.7 Å². The number of hydrogen-bond acceptors (Lipinski definition) is 6. The normalized spacial score (nSPS) is 12.5. The molecule has 0 spiro atoms. The molecule has 14 rings (SSSR count). The fraction of sp³-hybridized carbons (Fsp3) is 0.0833. The van der Waals surface area contributed by atoms with Crippen molar-refractivity contribution in [2.24, 2.45) is 0 Å². The molecule has 425 valence electrons. The van der Waals surface area contributed by atoms with Crippen LogP contribution in [-0.2, 0) is 45.0 Å². The molecule has 0 atom stereocenters. The number of fused-ring (bicyclic) bond motifs is 4. The Balaban J connectivity index is 0.000000163. The number of ether oxygens (including phenoxy) is 2. The van der Waals surface area contributed by atoms with E-state index in [1.165, 1.54) is 54.1 Å². The van der Waals surface area contributed by atoms with Crippen molar-refractivity contribution in [1.82, 2.24) is 30.4 Å². The van der Waals surface area contributed by atoms with Gasteiger partial charge in [-0.05, 0) is 113 Å². The van der Waals surface area contributed by atoms with Crippen molar-refractivity contribution in [2.45, 2.75) is 38.5 Å². The first-order valence-corrected chi connectivity index (χ1v) is 30.3. The molecule has 84 heavy (non-hydrogen) atoms. The fourth-order valence-corrected chi connectivity index (χ4v) is 16.1. The summed E-state index contributed by atoms with van der Waals surface area (Å²) < 4.78 is 13.3. The molecule has 0 saturated heterocycles. The van der Waals surface area contributed by atoms with Crippen LogP contribution in [0, 0.1) is 13.8 Å². The van der Waals surface area contributed by atoms with Crippen molar-refractivity contribution < 1.29 is 43.6 Å². The zero-order valence-corrected chi connectivity index (χ0v) is 50.8. The maximum Gasteiger partial charge on any atom is 1.00 e. The molecule has 6 heterocycles. The quantitative estimate of drug-likeness (QED) is 0.0843. The molecular formula is C72H62Cu2N6O2P2-. The summed E-state index contributed by atoms with van der Waals surface area (Å²) in [6.45, 7) is 17.3. The standard InChI is InChI=1S/C39H32OP2.C17H16O.2C8H6N3.2Cu/c1-39(2)33-25-15-27-35(41(29-17-7-3-8-18-29)30-19-9-4-10-20-30)37(33)40-38-34(39)26-16-28-36(38)42(31-21-11-5-12-22-31)32-23-13-6-14-24-32;1-11-7-5-9-13-15(11)18-16-12(2)8-6-10-14(16)17(13,3)4;2*1-3-9-4-2-7(1)8-5-10-11-6-8;;/h3-28H,1-2H3;5-10H,1-2H2,3-4H3;2*1-6H;;/q;-2;2*-1;;+1/p+2. The molecule has 4 aromatic heterocycles.